The van der Waals surface area contributed by atoms with Crippen molar-refractivity contribution < 1.29 is 36.2 Å². The number of rotatable bonds is 7. The molecule has 2 aromatic rings. The van der Waals surface area contributed by atoms with Gasteiger partial charge in [-0.05, 0) is 62.1 Å². The van der Waals surface area contributed by atoms with Crippen molar-refractivity contribution in [2.24, 2.45) is 0 Å². The predicted octanol–water partition coefficient (Wildman–Crippen LogP) is 4.93. The van der Waals surface area contributed by atoms with Crippen LogP contribution in [0.4, 0.5) is 24.5 Å². The van der Waals surface area contributed by atoms with E-state index in [1.165, 1.54) is 12.1 Å². The van der Waals surface area contributed by atoms with Crippen LogP contribution in [0.1, 0.15) is 41.6 Å². The first-order valence-electron chi connectivity index (χ1n) is 10.5. The number of hydrogen-bond acceptors (Lipinski definition) is 6. The number of carbonyl (C=O) groups excluding carboxylic acids is 1. The van der Waals surface area contributed by atoms with Crippen molar-refractivity contribution >= 4 is 27.4 Å². The number of alkyl halides is 3. The number of hydrogen-bond donors (Lipinski definition) is 2. The van der Waals surface area contributed by atoms with Crippen LogP contribution in [0.25, 0.3) is 0 Å². The fourth-order valence-corrected chi connectivity index (χ4v) is 5.16. The summed E-state index contributed by atoms with van der Waals surface area (Å²) in [6.07, 6.45) is 0.103. The molecule has 0 aliphatic carbocycles. The Morgan fingerprint density at radius 1 is 1.26 bits per heavy atom. The lowest BCUT2D eigenvalue weighted by atomic mass is 9.98. The zero-order valence-corrected chi connectivity index (χ0v) is 19.2. The molecule has 0 bridgehead atoms. The number of anilines is 2. The molecule has 0 aromatic heterocycles. The van der Waals surface area contributed by atoms with Gasteiger partial charge in [-0.25, -0.2) is 13.2 Å². The van der Waals surface area contributed by atoms with Gasteiger partial charge in [0.2, 0.25) is 0 Å². The highest BCUT2D eigenvalue weighted by molar-refractivity contribution is 7.92. The first kappa shape index (κ1) is 25.4. The summed E-state index contributed by atoms with van der Waals surface area (Å²) < 4.78 is 73.4. The van der Waals surface area contributed by atoms with Crippen molar-refractivity contribution in [2.45, 2.75) is 42.8 Å². The molecule has 7 nitrogen and oxygen atoms in total. The molecule has 0 saturated carbocycles. The minimum atomic E-state index is -4.70. The lowest BCUT2D eigenvalue weighted by Gasteiger charge is -2.38. The zero-order chi connectivity index (χ0) is 25.1. The molecule has 1 fully saturated rings. The van der Waals surface area contributed by atoms with Gasteiger partial charge in [0.05, 0.1) is 29.6 Å². The molecule has 1 heterocycles. The average molecular weight is 499 g/mol. The minimum absolute atomic E-state index is 0.0534. The second-order valence-electron chi connectivity index (χ2n) is 7.88. The van der Waals surface area contributed by atoms with Gasteiger partial charge in [-0.15, -0.1) is 6.58 Å². The van der Waals surface area contributed by atoms with Crippen LogP contribution in [0.15, 0.2) is 53.9 Å². The number of esters is 1. The summed E-state index contributed by atoms with van der Waals surface area (Å²) in [6, 6.07) is 5.89. The normalized spacial score (nSPS) is 16.7. The smallest absolute Gasteiger partial charge is 0.416 e. The highest BCUT2D eigenvalue weighted by Gasteiger charge is 2.33. The number of halogens is 3. The Balaban J connectivity index is 2.10. The number of piperidine rings is 1. The number of methoxy groups -OCH3 is 1. The molecule has 1 aliphatic heterocycles. The van der Waals surface area contributed by atoms with Gasteiger partial charge in [0.1, 0.15) is 10.6 Å². The molecule has 34 heavy (non-hydrogen) atoms. The molecule has 0 radical (unpaired) electrons. The standard InChI is InChI=1S/C23H25F3N2O5S/c1-3-6-17-7-4-5-12-28(17)19-10-9-16(23(24,25)26)14-18(19)27-34(31,32)21-13-15(22(30)33-2)8-11-20(21)29/h3,8-11,13-14,17,27,29H,1,4-7,12H2,2H3. The van der Waals surface area contributed by atoms with Gasteiger partial charge in [0.25, 0.3) is 10.0 Å². The Labute approximate surface area is 195 Å². The van der Waals surface area contributed by atoms with E-state index in [4.69, 9.17) is 0 Å². The van der Waals surface area contributed by atoms with Crippen LogP contribution in [-0.4, -0.2) is 39.2 Å². The predicted molar refractivity (Wildman–Crippen MR) is 121 cm³/mol. The van der Waals surface area contributed by atoms with E-state index in [1.54, 1.807) is 6.08 Å². The lowest BCUT2D eigenvalue weighted by molar-refractivity contribution is -0.137. The molecule has 1 aliphatic rings. The molecule has 0 spiro atoms. The maximum absolute atomic E-state index is 13.4. The summed E-state index contributed by atoms with van der Waals surface area (Å²) in [6.45, 7) is 4.27. The number of phenols is 1. The summed E-state index contributed by atoms with van der Waals surface area (Å²) >= 11 is 0. The van der Waals surface area contributed by atoms with E-state index in [2.05, 4.69) is 16.0 Å². The highest BCUT2D eigenvalue weighted by Crippen LogP contribution is 2.39. The van der Waals surface area contributed by atoms with Crippen LogP contribution in [0.3, 0.4) is 0 Å². The van der Waals surface area contributed by atoms with Crippen molar-refractivity contribution in [3.63, 3.8) is 0 Å². The summed E-state index contributed by atoms with van der Waals surface area (Å²) in [5, 5.41) is 10.1. The summed E-state index contributed by atoms with van der Waals surface area (Å²) in [5.74, 6) is -1.51. The molecule has 3 rings (SSSR count). The fraction of sp³-hybridized carbons (Fsp3) is 0.348. The Kier molecular flexibility index (Phi) is 7.44. The molecule has 11 heteroatoms. The maximum atomic E-state index is 13.4. The summed E-state index contributed by atoms with van der Waals surface area (Å²) in [4.78, 5) is 13.0. The molecule has 2 aromatic carbocycles. The first-order chi connectivity index (χ1) is 16.0. The SMILES string of the molecule is C=CCC1CCCCN1c1ccc(C(F)(F)F)cc1NS(=O)(=O)c1cc(C(=O)OC)ccc1O. The number of aromatic hydroxyl groups is 1. The lowest BCUT2D eigenvalue weighted by Crippen LogP contribution is -2.39. The van der Waals surface area contributed by atoms with Crippen LogP contribution in [0.5, 0.6) is 5.75 Å². The molecular formula is C23H25F3N2O5S. The highest BCUT2D eigenvalue weighted by atomic mass is 32.2. The molecule has 0 amide bonds. The van der Waals surface area contributed by atoms with Crippen LogP contribution in [0.2, 0.25) is 0 Å². The first-order valence-corrected chi connectivity index (χ1v) is 12.0. The third kappa shape index (κ3) is 5.46. The fourth-order valence-electron chi connectivity index (χ4n) is 3.97. The summed E-state index contributed by atoms with van der Waals surface area (Å²) in [5.41, 5.74) is -1.17. The number of benzene rings is 2. The van der Waals surface area contributed by atoms with Crippen molar-refractivity contribution in [3.05, 3.63) is 60.2 Å². The number of ether oxygens (including phenoxy) is 1. The van der Waals surface area contributed by atoms with E-state index in [1.807, 2.05) is 4.90 Å². The number of phenolic OH excluding ortho intramolecular Hbond substituents is 1. The van der Waals surface area contributed by atoms with E-state index in [0.29, 0.717) is 13.0 Å². The van der Waals surface area contributed by atoms with E-state index < -0.39 is 38.4 Å². The monoisotopic (exact) mass is 498 g/mol. The second kappa shape index (κ2) is 9.96. The van der Waals surface area contributed by atoms with Crippen molar-refractivity contribution in [3.8, 4) is 5.75 Å². The number of nitrogens with one attached hydrogen (secondary N) is 1. The van der Waals surface area contributed by atoms with Gasteiger partial charge >= 0.3 is 12.1 Å². The van der Waals surface area contributed by atoms with Gasteiger partial charge in [-0.3, -0.25) is 4.72 Å². The Morgan fingerprint density at radius 2 is 2.00 bits per heavy atom. The van der Waals surface area contributed by atoms with E-state index >= 15 is 0 Å². The Bertz CT molecular complexity index is 1180. The molecule has 1 saturated heterocycles. The van der Waals surface area contributed by atoms with Gasteiger partial charge < -0.3 is 14.7 Å². The Hall–Kier alpha value is -3.21. The quantitative estimate of drug-likeness (QED) is 0.415. The molecule has 184 valence electrons. The second-order valence-corrected chi connectivity index (χ2v) is 9.53. The number of nitrogens with zero attached hydrogens (tertiary/aromatic N) is 1. The van der Waals surface area contributed by atoms with Crippen LogP contribution < -0.4 is 9.62 Å². The largest absolute Gasteiger partial charge is 0.507 e. The zero-order valence-electron chi connectivity index (χ0n) is 18.4. The molecule has 1 unspecified atom stereocenters. The van der Waals surface area contributed by atoms with Gasteiger partial charge in [0.15, 0.2) is 0 Å². The van der Waals surface area contributed by atoms with E-state index in [9.17, 15) is 31.5 Å². The van der Waals surface area contributed by atoms with Gasteiger partial charge in [-0.2, -0.15) is 13.2 Å². The van der Waals surface area contributed by atoms with Crippen molar-refractivity contribution in [1.82, 2.24) is 0 Å². The van der Waals surface area contributed by atoms with Gasteiger partial charge in [0, 0.05) is 12.6 Å². The minimum Gasteiger partial charge on any atom is -0.507 e. The third-order valence-corrected chi connectivity index (χ3v) is 7.01. The average Bonchev–Trinajstić information content (AvgIpc) is 2.78. The van der Waals surface area contributed by atoms with E-state index in [0.717, 1.165) is 50.6 Å². The molecule has 1 atom stereocenters. The third-order valence-electron chi connectivity index (χ3n) is 5.61. The van der Waals surface area contributed by atoms with Crippen molar-refractivity contribution in [1.29, 1.82) is 0 Å². The van der Waals surface area contributed by atoms with E-state index in [-0.39, 0.29) is 23.0 Å². The van der Waals surface area contributed by atoms with Gasteiger partial charge in [-0.1, -0.05) is 6.08 Å². The molecular weight excluding hydrogens is 473 g/mol. The van der Waals surface area contributed by atoms with Crippen LogP contribution in [0, 0.1) is 0 Å². The Morgan fingerprint density at radius 3 is 2.65 bits per heavy atom. The number of carbonyl (C=O) groups is 1. The number of sulfonamides is 1. The van der Waals surface area contributed by atoms with Crippen LogP contribution >= 0.6 is 0 Å². The maximum Gasteiger partial charge on any atom is 0.416 e. The molecule has 2 N–H and O–H groups in total. The topological polar surface area (TPSA) is 95.9 Å². The van der Waals surface area contributed by atoms with Crippen molar-refractivity contribution in [2.75, 3.05) is 23.3 Å². The van der Waals surface area contributed by atoms with Crippen LogP contribution in [-0.2, 0) is 20.9 Å². The summed E-state index contributed by atoms with van der Waals surface area (Å²) in [7, 11) is -3.48.